The van der Waals surface area contributed by atoms with Crippen molar-refractivity contribution in [2.75, 3.05) is 7.11 Å². The minimum Gasteiger partial charge on any atom is -0.491 e. The average Bonchev–Trinajstić information content (AvgIpc) is 2.67. The highest BCUT2D eigenvalue weighted by atomic mass is 19.2. The fraction of sp³-hybridized carbons (Fsp3) is 0.571. The van der Waals surface area contributed by atoms with E-state index in [9.17, 15) is 17.6 Å². The van der Waals surface area contributed by atoms with Gasteiger partial charge in [-0.15, -0.1) is 0 Å². The highest BCUT2D eigenvalue weighted by Gasteiger charge is 2.30. The molecular weight excluding hydrogens is 260 g/mol. The predicted octanol–water partition coefficient (Wildman–Crippen LogP) is 4.69. The topological polar surface area (TPSA) is 9.23 Å². The number of methoxy groups -OCH3 is 1. The summed E-state index contributed by atoms with van der Waals surface area (Å²) in [5.74, 6) is -6.98. The van der Waals surface area contributed by atoms with Crippen LogP contribution in [-0.2, 0) is 0 Å². The molecule has 1 aliphatic rings. The first kappa shape index (κ1) is 14.2. The molecule has 1 saturated carbocycles. The summed E-state index contributed by atoms with van der Waals surface area (Å²) in [6, 6.07) is 0. The van der Waals surface area contributed by atoms with Crippen LogP contribution in [0, 0.1) is 23.3 Å². The summed E-state index contributed by atoms with van der Waals surface area (Å²) >= 11 is 0. The monoisotopic (exact) mass is 276 g/mol. The molecule has 0 heterocycles. The highest BCUT2D eigenvalue weighted by molar-refractivity contribution is 5.36. The van der Waals surface area contributed by atoms with Crippen LogP contribution < -0.4 is 4.74 Å². The van der Waals surface area contributed by atoms with Crippen molar-refractivity contribution in [2.24, 2.45) is 0 Å². The van der Waals surface area contributed by atoms with Gasteiger partial charge in [0.2, 0.25) is 11.6 Å². The standard InChI is InChI=1S/C14H16F4O/c1-19-14-12(17)10(15)9(11(16)13(14)18)8-6-4-2-3-5-7-8/h8H,2-7H2,1H3. The van der Waals surface area contributed by atoms with Crippen molar-refractivity contribution in [3.8, 4) is 5.75 Å². The third-order valence-corrected chi connectivity index (χ3v) is 3.72. The van der Waals surface area contributed by atoms with Crippen LogP contribution in [0.25, 0.3) is 0 Å². The molecule has 1 nitrogen and oxygen atoms in total. The summed E-state index contributed by atoms with van der Waals surface area (Å²) in [6.45, 7) is 0. The second kappa shape index (κ2) is 5.80. The second-order valence-corrected chi connectivity index (χ2v) is 4.89. The summed E-state index contributed by atoms with van der Waals surface area (Å²) in [5.41, 5.74) is -0.460. The van der Waals surface area contributed by atoms with Crippen LogP contribution in [0.4, 0.5) is 17.6 Å². The van der Waals surface area contributed by atoms with E-state index in [1.807, 2.05) is 0 Å². The van der Waals surface area contributed by atoms with Crippen molar-refractivity contribution in [3.63, 3.8) is 0 Å². The maximum absolute atomic E-state index is 13.9. The smallest absolute Gasteiger partial charge is 0.204 e. The summed E-state index contributed by atoms with van der Waals surface area (Å²) in [4.78, 5) is 0. The molecule has 0 spiro atoms. The predicted molar refractivity (Wildman–Crippen MR) is 63.3 cm³/mol. The molecule has 106 valence electrons. The molecule has 0 aromatic heterocycles. The van der Waals surface area contributed by atoms with Crippen LogP contribution in [0.2, 0.25) is 0 Å². The highest BCUT2D eigenvalue weighted by Crippen LogP contribution is 2.39. The minimum atomic E-state index is -1.44. The van der Waals surface area contributed by atoms with Crippen molar-refractivity contribution in [2.45, 2.75) is 44.4 Å². The van der Waals surface area contributed by atoms with E-state index in [-0.39, 0.29) is 0 Å². The van der Waals surface area contributed by atoms with E-state index >= 15 is 0 Å². The van der Waals surface area contributed by atoms with E-state index in [0.717, 1.165) is 32.8 Å². The van der Waals surface area contributed by atoms with E-state index in [2.05, 4.69) is 4.74 Å². The van der Waals surface area contributed by atoms with Gasteiger partial charge in [-0.1, -0.05) is 25.7 Å². The molecule has 0 amide bonds. The van der Waals surface area contributed by atoms with Gasteiger partial charge in [-0.05, 0) is 18.8 Å². The SMILES string of the molecule is COc1c(F)c(F)c(C2CCCCCC2)c(F)c1F. The molecular formula is C14H16F4O. The molecule has 1 aromatic rings. The molecule has 0 N–H and O–H groups in total. The van der Waals surface area contributed by atoms with Gasteiger partial charge in [-0.25, -0.2) is 8.78 Å². The number of hydrogen-bond donors (Lipinski definition) is 0. The van der Waals surface area contributed by atoms with Gasteiger partial charge in [0.1, 0.15) is 0 Å². The zero-order valence-corrected chi connectivity index (χ0v) is 10.7. The van der Waals surface area contributed by atoms with Gasteiger partial charge < -0.3 is 4.74 Å². The Bertz CT molecular complexity index is 436. The van der Waals surface area contributed by atoms with Crippen molar-refractivity contribution >= 4 is 0 Å². The number of halogens is 4. The lowest BCUT2D eigenvalue weighted by Crippen LogP contribution is -2.10. The molecule has 0 unspecified atom stereocenters. The van der Waals surface area contributed by atoms with Gasteiger partial charge in [0.05, 0.1) is 7.11 Å². The summed E-state index contributed by atoms with van der Waals surface area (Å²) < 4.78 is 59.6. The Hall–Kier alpha value is -1.26. The van der Waals surface area contributed by atoms with Crippen LogP contribution >= 0.6 is 0 Å². The first-order chi connectivity index (χ1) is 9.07. The third-order valence-electron chi connectivity index (χ3n) is 3.72. The zero-order valence-electron chi connectivity index (χ0n) is 10.7. The Balaban J connectivity index is 2.50. The van der Waals surface area contributed by atoms with Gasteiger partial charge in [-0.2, -0.15) is 8.78 Å². The number of ether oxygens (including phenoxy) is 1. The number of hydrogen-bond acceptors (Lipinski definition) is 1. The fourth-order valence-corrected chi connectivity index (χ4v) is 2.73. The van der Waals surface area contributed by atoms with Crippen molar-refractivity contribution in [1.82, 2.24) is 0 Å². The van der Waals surface area contributed by atoms with Gasteiger partial charge in [0.25, 0.3) is 0 Å². The van der Waals surface area contributed by atoms with E-state index in [1.54, 1.807) is 0 Å². The largest absolute Gasteiger partial charge is 0.491 e. The Morgan fingerprint density at radius 3 is 1.68 bits per heavy atom. The molecule has 0 radical (unpaired) electrons. The van der Waals surface area contributed by atoms with Crippen LogP contribution in [-0.4, -0.2) is 7.11 Å². The molecule has 5 heteroatoms. The maximum atomic E-state index is 13.9. The molecule has 0 atom stereocenters. The molecule has 0 saturated heterocycles. The van der Waals surface area contributed by atoms with E-state index in [4.69, 9.17) is 0 Å². The Kier molecular flexibility index (Phi) is 4.32. The maximum Gasteiger partial charge on any atom is 0.204 e. The normalized spacial score (nSPS) is 17.3. The van der Waals surface area contributed by atoms with E-state index < -0.39 is 40.5 Å². The fourth-order valence-electron chi connectivity index (χ4n) is 2.73. The average molecular weight is 276 g/mol. The summed E-state index contributed by atoms with van der Waals surface area (Å²) in [6.07, 6.45) is 4.72. The van der Waals surface area contributed by atoms with Crippen LogP contribution in [0.1, 0.15) is 50.0 Å². The van der Waals surface area contributed by atoms with Crippen LogP contribution in [0.5, 0.6) is 5.75 Å². The van der Waals surface area contributed by atoms with Crippen molar-refractivity contribution < 1.29 is 22.3 Å². The number of rotatable bonds is 2. The molecule has 1 fully saturated rings. The van der Waals surface area contributed by atoms with Gasteiger partial charge in [-0.3, -0.25) is 0 Å². The molecule has 0 bridgehead atoms. The van der Waals surface area contributed by atoms with Gasteiger partial charge in [0, 0.05) is 5.56 Å². The first-order valence-electron chi connectivity index (χ1n) is 6.47. The van der Waals surface area contributed by atoms with Crippen molar-refractivity contribution in [1.29, 1.82) is 0 Å². The minimum absolute atomic E-state index is 0.460. The Morgan fingerprint density at radius 1 is 0.789 bits per heavy atom. The summed E-state index contributed by atoms with van der Waals surface area (Å²) in [5, 5.41) is 0. The molecule has 2 rings (SSSR count). The quantitative estimate of drug-likeness (QED) is 0.432. The lowest BCUT2D eigenvalue weighted by Gasteiger charge is -2.18. The Morgan fingerprint density at radius 2 is 1.26 bits per heavy atom. The third kappa shape index (κ3) is 2.55. The van der Waals surface area contributed by atoms with Crippen LogP contribution in [0.3, 0.4) is 0 Å². The molecule has 19 heavy (non-hydrogen) atoms. The molecule has 1 aliphatic carbocycles. The first-order valence-corrected chi connectivity index (χ1v) is 6.47. The number of benzene rings is 1. The van der Waals surface area contributed by atoms with E-state index in [1.165, 1.54) is 0 Å². The summed E-state index contributed by atoms with van der Waals surface area (Å²) in [7, 11) is 0.978. The van der Waals surface area contributed by atoms with Crippen LogP contribution in [0.15, 0.2) is 0 Å². The van der Waals surface area contributed by atoms with Crippen molar-refractivity contribution in [3.05, 3.63) is 28.8 Å². The second-order valence-electron chi connectivity index (χ2n) is 4.89. The molecule has 1 aromatic carbocycles. The lowest BCUT2D eigenvalue weighted by molar-refractivity contribution is 0.324. The van der Waals surface area contributed by atoms with Gasteiger partial charge in [0.15, 0.2) is 17.4 Å². The zero-order chi connectivity index (χ0) is 14.0. The Labute approximate surface area is 109 Å². The molecule has 0 aliphatic heterocycles. The van der Waals surface area contributed by atoms with E-state index in [0.29, 0.717) is 12.8 Å². The lowest BCUT2D eigenvalue weighted by atomic mass is 9.90. The van der Waals surface area contributed by atoms with Gasteiger partial charge >= 0.3 is 0 Å².